The van der Waals surface area contributed by atoms with Gasteiger partial charge in [0.2, 0.25) is 0 Å². The van der Waals surface area contributed by atoms with Crippen LogP contribution in [0, 0.1) is 0 Å². The number of anilines is 1. The molecular weight excluding hydrogens is 204 g/mol. The summed E-state index contributed by atoms with van der Waals surface area (Å²) in [6.07, 6.45) is 1.64. The first-order valence-electron chi connectivity index (χ1n) is 5.00. The van der Waals surface area contributed by atoms with Crippen LogP contribution in [0.5, 0.6) is 0 Å². The summed E-state index contributed by atoms with van der Waals surface area (Å²) in [7, 11) is 1.67. The minimum atomic E-state index is -0.347. The summed E-state index contributed by atoms with van der Waals surface area (Å²) in [6, 6.07) is 9.08. The lowest BCUT2D eigenvalue weighted by Crippen LogP contribution is -2.26. The molecule has 1 aromatic carbocycles. The van der Waals surface area contributed by atoms with Gasteiger partial charge in [-0.15, -0.1) is 0 Å². The van der Waals surface area contributed by atoms with Gasteiger partial charge in [-0.2, -0.15) is 0 Å². The van der Waals surface area contributed by atoms with E-state index >= 15 is 0 Å². The number of para-hydroxylation sites is 1. The maximum atomic E-state index is 11.7. The molecule has 0 saturated heterocycles. The van der Waals surface area contributed by atoms with Crippen molar-refractivity contribution in [1.82, 2.24) is 4.90 Å². The van der Waals surface area contributed by atoms with Gasteiger partial charge in [-0.05, 0) is 18.2 Å². The Labute approximate surface area is 93.6 Å². The molecule has 16 heavy (non-hydrogen) atoms. The van der Waals surface area contributed by atoms with Crippen molar-refractivity contribution in [3.05, 3.63) is 42.0 Å². The summed E-state index contributed by atoms with van der Waals surface area (Å²) < 4.78 is 0. The van der Waals surface area contributed by atoms with Crippen LogP contribution in [0.4, 0.5) is 5.69 Å². The number of hydrogen-bond acceptors (Lipinski definition) is 2. The van der Waals surface area contributed by atoms with Gasteiger partial charge in [0.1, 0.15) is 5.57 Å². The fraction of sp³-hybridized carbons (Fsp3) is 0.167. The van der Waals surface area contributed by atoms with E-state index in [-0.39, 0.29) is 17.4 Å². The molecule has 0 aromatic heterocycles. The molecule has 2 amide bonds. The average Bonchev–Trinajstić information content (AvgIpc) is 2.61. The lowest BCUT2D eigenvalue weighted by atomic mass is 10.2. The molecule has 1 aliphatic heterocycles. The second-order valence-corrected chi connectivity index (χ2v) is 3.62. The lowest BCUT2D eigenvalue weighted by Gasteiger charge is -2.08. The molecule has 0 atom stereocenters. The van der Waals surface area contributed by atoms with Gasteiger partial charge < -0.3 is 10.2 Å². The molecule has 0 spiro atoms. The second kappa shape index (κ2) is 4.18. The Balaban J connectivity index is 2.08. The maximum Gasteiger partial charge on any atom is 0.260 e. The van der Waals surface area contributed by atoms with Crippen LogP contribution in [-0.2, 0) is 9.59 Å². The third kappa shape index (κ3) is 1.95. The molecule has 2 rings (SSSR count). The van der Waals surface area contributed by atoms with Gasteiger partial charge in [-0.25, -0.2) is 0 Å². The number of hydrogen-bond donors (Lipinski definition) is 1. The van der Waals surface area contributed by atoms with Crippen molar-refractivity contribution >= 4 is 17.5 Å². The quantitative estimate of drug-likeness (QED) is 0.750. The number of likely N-dealkylation sites (N-methyl/N-ethyl adjacent to an activating group) is 1. The van der Waals surface area contributed by atoms with Crippen LogP contribution in [-0.4, -0.2) is 30.3 Å². The molecule has 4 heteroatoms. The topological polar surface area (TPSA) is 49.4 Å². The normalized spacial score (nSPS) is 14.9. The Bertz CT molecular complexity index is 451. The molecule has 0 unspecified atom stereocenters. The fourth-order valence-corrected chi connectivity index (χ4v) is 1.51. The molecule has 0 radical (unpaired) electrons. The zero-order chi connectivity index (χ0) is 11.5. The summed E-state index contributed by atoms with van der Waals surface area (Å²) >= 11 is 0. The van der Waals surface area contributed by atoms with Crippen LogP contribution in [0.1, 0.15) is 0 Å². The van der Waals surface area contributed by atoms with Gasteiger partial charge >= 0.3 is 0 Å². The third-order valence-electron chi connectivity index (χ3n) is 2.42. The van der Waals surface area contributed by atoms with E-state index in [1.165, 1.54) is 4.90 Å². The van der Waals surface area contributed by atoms with E-state index in [4.69, 9.17) is 0 Å². The van der Waals surface area contributed by atoms with Gasteiger partial charge in [-0.1, -0.05) is 18.2 Å². The Hall–Kier alpha value is -2.10. The zero-order valence-corrected chi connectivity index (χ0v) is 8.93. The Kier molecular flexibility index (Phi) is 2.72. The van der Waals surface area contributed by atoms with E-state index in [0.29, 0.717) is 12.2 Å². The van der Waals surface area contributed by atoms with Crippen molar-refractivity contribution in [2.45, 2.75) is 0 Å². The molecule has 0 fully saturated rings. The molecular formula is C12H12N2O2. The Morgan fingerprint density at radius 1 is 1.31 bits per heavy atom. The lowest BCUT2D eigenvalue weighted by molar-refractivity contribution is -0.126. The summed E-state index contributed by atoms with van der Waals surface area (Å²) in [5.74, 6) is -0.575. The first-order valence-corrected chi connectivity index (χ1v) is 5.00. The number of rotatable bonds is 2. The summed E-state index contributed by atoms with van der Waals surface area (Å²) in [6.45, 7) is 0.496. The number of carbonyl (C=O) groups is 2. The van der Waals surface area contributed by atoms with Gasteiger partial charge in [0.15, 0.2) is 0 Å². The summed E-state index contributed by atoms with van der Waals surface area (Å²) in [5.41, 5.74) is 0.905. The van der Waals surface area contributed by atoms with Crippen LogP contribution in [0.15, 0.2) is 42.0 Å². The smallest absolute Gasteiger partial charge is 0.260 e. The van der Waals surface area contributed by atoms with E-state index in [0.717, 1.165) is 0 Å². The van der Waals surface area contributed by atoms with Gasteiger partial charge in [0.25, 0.3) is 11.8 Å². The van der Waals surface area contributed by atoms with Gasteiger partial charge in [-0.3, -0.25) is 9.59 Å². The van der Waals surface area contributed by atoms with E-state index in [2.05, 4.69) is 5.32 Å². The van der Waals surface area contributed by atoms with E-state index in [1.807, 2.05) is 18.2 Å². The molecule has 1 N–H and O–H groups in total. The molecule has 0 aliphatic carbocycles. The van der Waals surface area contributed by atoms with Crippen molar-refractivity contribution in [1.29, 1.82) is 0 Å². The van der Waals surface area contributed by atoms with Crippen molar-refractivity contribution in [3.63, 3.8) is 0 Å². The number of benzene rings is 1. The molecule has 1 aromatic rings. The predicted octanol–water partition coefficient (Wildman–Crippen LogP) is 1.02. The first kappa shape index (κ1) is 10.4. The molecule has 4 nitrogen and oxygen atoms in total. The fourth-order valence-electron chi connectivity index (χ4n) is 1.51. The van der Waals surface area contributed by atoms with Gasteiger partial charge in [0, 0.05) is 19.3 Å². The van der Waals surface area contributed by atoms with Crippen LogP contribution in [0.3, 0.4) is 0 Å². The predicted molar refractivity (Wildman–Crippen MR) is 60.8 cm³/mol. The summed E-state index contributed by atoms with van der Waals surface area (Å²) in [4.78, 5) is 24.8. The number of nitrogens with one attached hydrogen (secondary N) is 1. The molecule has 0 saturated carbocycles. The third-order valence-corrected chi connectivity index (χ3v) is 2.42. The largest absolute Gasteiger partial charge is 0.338 e. The van der Waals surface area contributed by atoms with E-state index in [1.54, 1.807) is 25.3 Å². The second-order valence-electron chi connectivity index (χ2n) is 3.62. The molecule has 82 valence electrons. The van der Waals surface area contributed by atoms with Crippen LogP contribution in [0.25, 0.3) is 0 Å². The summed E-state index contributed by atoms with van der Waals surface area (Å²) in [5, 5.41) is 2.68. The number of carbonyl (C=O) groups excluding carboxylic acids is 2. The Morgan fingerprint density at radius 2 is 2.00 bits per heavy atom. The monoisotopic (exact) mass is 216 g/mol. The highest BCUT2D eigenvalue weighted by Crippen LogP contribution is 2.12. The minimum Gasteiger partial charge on any atom is -0.338 e. The van der Waals surface area contributed by atoms with Crippen molar-refractivity contribution in [2.75, 3.05) is 18.9 Å². The highest BCUT2D eigenvalue weighted by atomic mass is 16.2. The Morgan fingerprint density at radius 3 is 2.56 bits per heavy atom. The highest BCUT2D eigenvalue weighted by Gasteiger charge is 2.26. The van der Waals surface area contributed by atoms with Crippen molar-refractivity contribution in [3.8, 4) is 0 Å². The van der Waals surface area contributed by atoms with E-state index in [9.17, 15) is 9.59 Å². The van der Waals surface area contributed by atoms with Crippen molar-refractivity contribution in [2.24, 2.45) is 0 Å². The van der Waals surface area contributed by atoms with Gasteiger partial charge in [0.05, 0.1) is 0 Å². The first-order chi connectivity index (χ1) is 7.68. The minimum absolute atomic E-state index is 0.214. The molecule has 0 bridgehead atoms. The average molecular weight is 216 g/mol. The number of amides is 2. The van der Waals surface area contributed by atoms with Crippen molar-refractivity contribution < 1.29 is 9.59 Å². The van der Waals surface area contributed by atoms with Crippen LogP contribution >= 0.6 is 0 Å². The van der Waals surface area contributed by atoms with Crippen LogP contribution in [0.2, 0.25) is 0 Å². The zero-order valence-electron chi connectivity index (χ0n) is 8.93. The SMILES string of the molecule is CN1CC=C(C(=O)Nc2ccccc2)C1=O. The van der Waals surface area contributed by atoms with Crippen LogP contribution < -0.4 is 5.32 Å². The highest BCUT2D eigenvalue weighted by molar-refractivity contribution is 6.23. The standard InChI is InChI=1S/C12H12N2O2/c1-14-8-7-10(12(14)16)11(15)13-9-5-3-2-4-6-9/h2-7H,8H2,1H3,(H,13,15). The van der Waals surface area contributed by atoms with E-state index < -0.39 is 0 Å². The molecule has 1 heterocycles. The molecule has 1 aliphatic rings. The number of nitrogens with zero attached hydrogens (tertiary/aromatic N) is 1. The maximum absolute atomic E-state index is 11.7.